The van der Waals surface area contributed by atoms with Gasteiger partial charge < -0.3 is 20.1 Å². The average Bonchev–Trinajstić information content (AvgIpc) is 3.59. The van der Waals surface area contributed by atoms with Gasteiger partial charge in [0.1, 0.15) is 6.61 Å². The van der Waals surface area contributed by atoms with Gasteiger partial charge in [-0.25, -0.2) is 4.79 Å². The Kier molecular flexibility index (Phi) is 7.20. The predicted octanol–water partition coefficient (Wildman–Crippen LogP) is 4.41. The van der Waals surface area contributed by atoms with Crippen molar-refractivity contribution in [3.63, 3.8) is 0 Å². The van der Waals surface area contributed by atoms with E-state index in [1.165, 1.54) is 11.1 Å². The van der Waals surface area contributed by atoms with Crippen molar-refractivity contribution in [3.8, 4) is 11.1 Å². The third-order valence-electron chi connectivity index (χ3n) is 6.72. The van der Waals surface area contributed by atoms with Gasteiger partial charge in [0.05, 0.1) is 6.42 Å². The lowest BCUT2D eigenvalue weighted by atomic mass is 9.98. The van der Waals surface area contributed by atoms with E-state index in [2.05, 4.69) is 29.6 Å². The first-order valence-corrected chi connectivity index (χ1v) is 12.0. The second-order valence-corrected chi connectivity index (χ2v) is 9.49. The van der Waals surface area contributed by atoms with Gasteiger partial charge >= 0.3 is 12.1 Å². The minimum atomic E-state index is -0.921. The topological polar surface area (TPSA) is 95.9 Å². The summed E-state index contributed by atoms with van der Waals surface area (Å²) >= 11 is 0. The lowest BCUT2D eigenvalue weighted by Crippen LogP contribution is -2.44. The molecule has 0 aliphatic heterocycles. The van der Waals surface area contributed by atoms with Crippen LogP contribution >= 0.6 is 0 Å². The SMILES string of the molecule is CC(C)[C@H](CC(=O)N(CCC(=O)O)C1CC1)NC(=O)OCC1c2ccccc2-c2ccccc21. The Morgan fingerprint density at radius 2 is 1.62 bits per heavy atom. The highest BCUT2D eigenvalue weighted by atomic mass is 16.5. The molecule has 1 atom stereocenters. The number of carboxylic acids is 1. The highest BCUT2D eigenvalue weighted by Crippen LogP contribution is 2.44. The minimum Gasteiger partial charge on any atom is -0.481 e. The fourth-order valence-electron chi connectivity index (χ4n) is 4.66. The van der Waals surface area contributed by atoms with Crippen molar-refractivity contribution in [2.45, 2.75) is 57.5 Å². The van der Waals surface area contributed by atoms with Gasteiger partial charge in [-0.05, 0) is 41.0 Å². The lowest BCUT2D eigenvalue weighted by molar-refractivity contribution is -0.138. The number of nitrogens with one attached hydrogen (secondary N) is 1. The molecule has 2 aromatic carbocycles. The Morgan fingerprint density at radius 1 is 1.03 bits per heavy atom. The van der Waals surface area contributed by atoms with Gasteiger partial charge in [0.25, 0.3) is 0 Å². The van der Waals surface area contributed by atoms with E-state index in [0.717, 1.165) is 24.0 Å². The first kappa shape index (κ1) is 23.8. The van der Waals surface area contributed by atoms with Crippen molar-refractivity contribution in [1.82, 2.24) is 10.2 Å². The van der Waals surface area contributed by atoms with Crippen LogP contribution in [0.15, 0.2) is 48.5 Å². The molecule has 2 aliphatic rings. The highest BCUT2D eigenvalue weighted by molar-refractivity contribution is 5.80. The number of carboxylic acid groups (broad SMARTS) is 1. The molecule has 0 bridgehead atoms. The average molecular weight is 465 g/mol. The van der Waals surface area contributed by atoms with Crippen LogP contribution in [-0.4, -0.2) is 53.2 Å². The quantitative estimate of drug-likeness (QED) is 0.543. The summed E-state index contributed by atoms with van der Waals surface area (Å²) in [6, 6.07) is 16.1. The molecule has 1 fully saturated rings. The molecule has 0 saturated heterocycles. The fourth-order valence-corrected chi connectivity index (χ4v) is 4.66. The molecule has 7 heteroatoms. The van der Waals surface area contributed by atoms with Gasteiger partial charge in [-0.2, -0.15) is 0 Å². The molecule has 0 aromatic heterocycles. The molecule has 1 saturated carbocycles. The Hall–Kier alpha value is -3.35. The summed E-state index contributed by atoms with van der Waals surface area (Å²) in [4.78, 5) is 38.3. The number of aliphatic carboxylic acids is 1. The van der Waals surface area contributed by atoms with E-state index in [1.54, 1.807) is 4.90 Å². The second-order valence-electron chi connectivity index (χ2n) is 9.49. The maximum Gasteiger partial charge on any atom is 0.407 e. The van der Waals surface area contributed by atoms with Crippen molar-refractivity contribution in [3.05, 3.63) is 59.7 Å². The summed E-state index contributed by atoms with van der Waals surface area (Å²) in [5, 5.41) is 11.9. The maximum atomic E-state index is 12.9. The van der Waals surface area contributed by atoms with Gasteiger partial charge in [0, 0.05) is 31.0 Å². The van der Waals surface area contributed by atoms with Crippen molar-refractivity contribution in [2.75, 3.05) is 13.2 Å². The molecule has 2 aromatic rings. The number of amides is 2. The molecule has 0 unspecified atom stereocenters. The van der Waals surface area contributed by atoms with Crippen LogP contribution < -0.4 is 5.32 Å². The molecular formula is C27H32N2O5. The Bertz CT molecular complexity index is 1020. The van der Waals surface area contributed by atoms with E-state index in [0.29, 0.717) is 0 Å². The number of benzene rings is 2. The Balaban J connectivity index is 1.36. The zero-order chi connectivity index (χ0) is 24.2. The Labute approximate surface area is 200 Å². The number of hydrogen-bond donors (Lipinski definition) is 2. The first-order valence-electron chi connectivity index (χ1n) is 12.0. The molecule has 2 N–H and O–H groups in total. The van der Waals surface area contributed by atoms with Crippen LogP contribution in [0.3, 0.4) is 0 Å². The summed E-state index contributed by atoms with van der Waals surface area (Å²) in [5.74, 6) is -1.05. The van der Waals surface area contributed by atoms with E-state index in [-0.39, 0.29) is 49.8 Å². The standard InChI is InChI=1S/C27H32N2O5/c1-17(2)24(15-25(30)29(18-11-12-18)14-13-26(31)32)28-27(33)34-16-23-21-9-5-3-7-19(21)20-8-4-6-10-22(20)23/h3-10,17-18,23-24H,11-16H2,1-2H3,(H,28,33)(H,31,32)/t24-/m0/s1. The zero-order valence-corrected chi connectivity index (χ0v) is 19.7. The predicted molar refractivity (Wildman–Crippen MR) is 128 cm³/mol. The fraction of sp³-hybridized carbons (Fsp3) is 0.444. The summed E-state index contributed by atoms with van der Waals surface area (Å²) in [6.45, 7) is 4.31. The van der Waals surface area contributed by atoms with Crippen molar-refractivity contribution >= 4 is 18.0 Å². The first-order chi connectivity index (χ1) is 16.3. The molecule has 7 nitrogen and oxygen atoms in total. The molecule has 2 amide bonds. The van der Waals surface area contributed by atoms with Gasteiger partial charge in [0.15, 0.2) is 0 Å². The van der Waals surface area contributed by atoms with Gasteiger partial charge in [-0.3, -0.25) is 9.59 Å². The molecule has 34 heavy (non-hydrogen) atoms. The monoisotopic (exact) mass is 464 g/mol. The van der Waals surface area contributed by atoms with E-state index < -0.39 is 18.1 Å². The zero-order valence-electron chi connectivity index (χ0n) is 19.7. The van der Waals surface area contributed by atoms with E-state index >= 15 is 0 Å². The molecule has 0 spiro atoms. The molecule has 4 rings (SSSR count). The summed E-state index contributed by atoms with van der Waals surface area (Å²) < 4.78 is 5.65. The number of rotatable bonds is 10. The van der Waals surface area contributed by atoms with Crippen molar-refractivity contribution < 1.29 is 24.2 Å². The van der Waals surface area contributed by atoms with Crippen LogP contribution in [0.1, 0.15) is 56.6 Å². The molecular weight excluding hydrogens is 432 g/mol. The minimum absolute atomic E-state index is 0.0185. The molecule has 0 heterocycles. The highest BCUT2D eigenvalue weighted by Gasteiger charge is 2.34. The van der Waals surface area contributed by atoms with Crippen LogP contribution in [0.4, 0.5) is 4.79 Å². The number of hydrogen-bond acceptors (Lipinski definition) is 4. The number of nitrogens with zero attached hydrogens (tertiary/aromatic N) is 1. The summed E-state index contributed by atoms with van der Waals surface area (Å²) in [5.41, 5.74) is 4.62. The summed E-state index contributed by atoms with van der Waals surface area (Å²) in [6.07, 6.45) is 1.30. The van der Waals surface area contributed by atoms with E-state index in [1.807, 2.05) is 38.1 Å². The molecule has 2 aliphatic carbocycles. The van der Waals surface area contributed by atoms with Gasteiger partial charge in [-0.15, -0.1) is 0 Å². The summed E-state index contributed by atoms with van der Waals surface area (Å²) in [7, 11) is 0. The van der Waals surface area contributed by atoms with Crippen LogP contribution in [0.5, 0.6) is 0 Å². The van der Waals surface area contributed by atoms with Gasteiger partial charge in [-0.1, -0.05) is 62.4 Å². The molecule has 180 valence electrons. The molecule has 0 radical (unpaired) electrons. The third-order valence-corrected chi connectivity index (χ3v) is 6.72. The smallest absolute Gasteiger partial charge is 0.407 e. The van der Waals surface area contributed by atoms with Crippen molar-refractivity contribution in [2.24, 2.45) is 5.92 Å². The number of alkyl carbamates (subject to hydrolysis) is 1. The Morgan fingerprint density at radius 3 is 2.15 bits per heavy atom. The maximum absolute atomic E-state index is 12.9. The van der Waals surface area contributed by atoms with Gasteiger partial charge in [0.2, 0.25) is 5.91 Å². The third kappa shape index (κ3) is 5.41. The second kappa shape index (κ2) is 10.3. The number of carbonyl (C=O) groups excluding carboxylic acids is 2. The number of ether oxygens (including phenoxy) is 1. The normalized spacial score (nSPS) is 15.4. The van der Waals surface area contributed by atoms with Crippen LogP contribution in [-0.2, 0) is 14.3 Å². The van der Waals surface area contributed by atoms with E-state index in [4.69, 9.17) is 9.84 Å². The largest absolute Gasteiger partial charge is 0.481 e. The van der Waals surface area contributed by atoms with Crippen LogP contribution in [0, 0.1) is 5.92 Å². The lowest BCUT2D eigenvalue weighted by Gasteiger charge is -2.27. The number of carbonyl (C=O) groups is 3. The number of fused-ring (bicyclic) bond motifs is 3. The van der Waals surface area contributed by atoms with Crippen LogP contribution in [0.25, 0.3) is 11.1 Å². The van der Waals surface area contributed by atoms with Crippen LogP contribution in [0.2, 0.25) is 0 Å². The van der Waals surface area contributed by atoms with Crippen molar-refractivity contribution in [1.29, 1.82) is 0 Å². The van der Waals surface area contributed by atoms with E-state index in [9.17, 15) is 14.4 Å².